The van der Waals surface area contributed by atoms with Gasteiger partial charge in [0, 0.05) is 49.1 Å². The van der Waals surface area contributed by atoms with Gasteiger partial charge in [0.05, 0.1) is 36.7 Å². The second kappa shape index (κ2) is 12.5. The third-order valence-electron chi connectivity index (χ3n) is 7.57. The molecule has 0 radical (unpaired) electrons. The summed E-state index contributed by atoms with van der Waals surface area (Å²) in [5.41, 5.74) is -0.923. The van der Waals surface area contributed by atoms with Crippen LogP contribution in [0.1, 0.15) is 54.5 Å². The molecule has 2 aliphatic rings. The number of thiazole rings is 1. The number of halogens is 4. The van der Waals surface area contributed by atoms with Crippen LogP contribution in [0.15, 0.2) is 30.6 Å². The summed E-state index contributed by atoms with van der Waals surface area (Å²) < 4.78 is 54.8. The lowest BCUT2D eigenvalue weighted by Crippen LogP contribution is -2.47. The van der Waals surface area contributed by atoms with Crippen molar-refractivity contribution in [3.63, 3.8) is 0 Å². The van der Waals surface area contributed by atoms with Crippen molar-refractivity contribution in [2.45, 2.75) is 58.4 Å². The Morgan fingerprint density at radius 2 is 1.74 bits per heavy atom. The zero-order valence-corrected chi connectivity index (χ0v) is 24.6. The maximum atomic E-state index is 14.3. The minimum Gasteiger partial charge on any atom is -0.368 e. The Kier molecular flexibility index (Phi) is 8.94. The van der Waals surface area contributed by atoms with Crippen LogP contribution in [0.25, 0.3) is 11.3 Å². The number of alkyl halides is 3. The van der Waals surface area contributed by atoms with E-state index in [2.05, 4.69) is 39.0 Å². The Bertz CT molecular complexity index is 1470. The number of likely N-dealkylation sites (tertiary alicyclic amines) is 1. The van der Waals surface area contributed by atoms with Gasteiger partial charge in [-0.1, -0.05) is 11.3 Å². The fourth-order valence-electron chi connectivity index (χ4n) is 5.31. The van der Waals surface area contributed by atoms with E-state index in [0.717, 1.165) is 36.3 Å². The van der Waals surface area contributed by atoms with E-state index in [1.807, 2.05) is 4.90 Å². The van der Waals surface area contributed by atoms with E-state index in [0.29, 0.717) is 49.5 Å². The Hall–Kier alpha value is -3.69. The molecule has 15 heteroatoms. The number of carbonyl (C=O) groups is 2. The van der Waals surface area contributed by atoms with Crippen LogP contribution in [0.5, 0.6) is 0 Å². The molecule has 0 aliphatic carbocycles. The van der Waals surface area contributed by atoms with Crippen molar-refractivity contribution < 1.29 is 32.0 Å². The van der Waals surface area contributed by atoms with Crippen molar-refractivity contribution in [2.24, 2.45) is 0 Å². The predicted octanol–water partition coefficient (Wildman–Crippen LogP) is 4.98. The minimum atomic E-state index is -4.73. The van der Waals surface area contributed by atoms with Crippen LogP contribution in [0.4, 0.5) is 28.5 Å². The van der Waals surface area contributed by atoms with Gasteiger partial charge in [0.25, 0.3) is 5.91 Å². The van der Waals surface area contributed by atoms with Crippen molar-refractivity contribution in [2.75, 3.05) is 36.4 Å². The Balaban J connectivity index is 1.35. The number of benzene rings is 1. The molecule has 2 atom stereocenters. The first kappa shape index (κ1) is 30.8. The fourth-order valence-corrected chi connectivity index (χ4v) is 6.29. The van der Waals surface area contributed by atoms with Gasteiger partial charge in [-0.2, -0.15) is 13.2 Å². The Morgan fingerprint density at radius 3 is 2.35 bits per heavy atom. The highest BCUT2D eigenvalue weighted by Gasteiger charge is 2.33. The molecule has 1 N–H and O–H groups in total. The molecule has 2 fully saturated rings. The van der Waals surface area contributed by atoms with E-state index in [9.17, 15) is 27.2 Å². The van der Waals surface area contributed by atoms with Gasteiger partial charge >= 0.3 is 12.1 Å². The molecule has 0 unspecified atom stereocenters. The summed E-state index contributed by atoms with van der Waals surface area (Å²) in [6, 6.07) is 2.84. The van der Waals surface area contributed by atoms with E-state index in [1.54, 1.807) is 5.06 Å². The van der Waals surface area contributed by atoms with Crippen LogP contribution >= 0.6 is 11.3 Å². The maximum Gasteiger partial charge on any atom is 0.416 e. The van der Waals surface area contributed by atoms with Gasteiger partial charge in [-0.15, -0.1) is 5.06 Å². The van der Waals surface area contributed by atoms with Crippen molar-refractivity contribution >= 4 is 34.2 Å². The summed E-state index contributed by atoms with van der Waals surface area (Å²) in [6.07, 6.45) is 0.0229. The zero-order valence-electron chi connectivity index (χ0n) is 23.8. The van der Waals surface area contributed by atoms with E-state index >= 15 is 0 Å². The largest absolute Gasteiger partial charge is 0.416 e. The van der Waals surface area contributed by atoms with Crippen LogP contribution in [-0.2, 0) is 22.4 Å². The van der Waals surface area contributed by atoms with Gasteiger partial charge in [-0.3, -0.25) is 19.8 Å². The number of hydroxylamine groups is 2. The molecule has 1 amide bonds. The van der Waals surface area contributed by atoms with E-state index in [1.165, 1.54) is 19.3 Å². The molecule has 0 bridgehead atoms. The summed E-state index contributed by atoms with van der Waals surface area (Å²) in [5, 5.41) is 4.41. The standard InChI is InChI=1S/C28H31F4N7O3S/c1-16-4-5-17(2)39(16)15-23-25(19-10-20(28(30,31)32)12-21(29)11-19)35-27(43-23)36-26(41)22-13-34-24(14-33-22)37-6-8-38(9-7-37)42-18(3)40/h10-14,16-17H,4-9,15H2,1-3H3,(H,35,36,41)/t16-,17-/m1/s1. The minimum absolute atomic E-state index is 0.0171. The molecule has 3 aromatic rings. The van der Waals surface area contributed by atoms with Gasteiger partial charge in [0.2, 0.25) is 0 Å². The van der Waals surface area contributed by atoms with E-state index in [-0.39, 0.29) is 40.1 Å². The molecule has 2 aliphatic heterocycles. The molecular weight excluding hydrogens is 590 g/mol. The normalized spacial score (nSPS) is 19.9. The molecule has 0 spiro atoms. The number of amides is 1. The molecule has 1 aromatic carbocycles. The van der Waals surface area contributed by atoms with Crippen molar-refractivity contribution in [3.05, 3.63) is 52.5 Å². The van der Waals surface area contributed by atoms with Crippen LogP contribution in [0, 0.1) is 5.82 Å². The Labute approximate surface area is 249 Å². The first-order valence-corrected chi connectivity index (χ1v) is 14.6. The molecule has 2 saturated heterocycles. The highest BCUT2D eigenvalue weighted by Crippen LogP contribution is 2.38. The van der Waals surface area contributed by atoms with Crippen molar-refractivity contribution in [1.29, 1.82) is 0 Å². The summed E-state index contributed by atoms with van der Waals surface area (Å²) >= 11 is 1.13. The quantitative estimate of drug-likeness (QED) is 0.366. The fraction of sp³-hybridized carbons (Fsp3) is 0.464. The van der Waals surface area contributed by atoms with Crippen LogP contribution in [0.2, 0.25) is 0 Å². The topological polar surface area (TPSA) is 104 Å². The summed E-state index contributed by atoms with van der Waals surface area (Å²) in [5.74, 6) is -1.45. The first-order chi connectivity index (χ1) is 20.4. The van der Waals surface area contributed by atoms with Crippen molar-refractivity contribution in [3.8, 4) is 11.3 Å². The number of aromatic nitrogens is 3. The molecular formula is C28H31F4N7O3S. The van der Waals surface area contributed by atoms with Crippen molar-refractivity contribution in [1.82, 2.24) is 24.9 Å². The molecule has 0 saturated carbocycles. The average molecular weight is 622 g/mol. The lowest BCUT2D eigenvalue weighted by molar-refractivity contribution is -0.188. The van der Waals surface area contributed by atoms with Gasteiger partial charge in [-0.25, -0.2) is 19.3 Å². The second-order valence-electron chi connectivity index (χ2n) is 10.7. The molecule has 43 heavy (non-hydrogen) atoms. The van der Waals surface area contributed by atoms with Gasteiger partial charge < -0.3 is 9.74 Å². The Morgan fingerprint density at radius 1 is 1.05 bits per heavy atom. The second-order valence-corrected chi connectivity index (χ2v) is 11.8. The van der Waals surface area contributed by atoms with Crippen LogP contribution < -0.4 is 10.2 Å². The number of hydrogen-bond donors (Lipinski definition) is 1. The average Bonchev–Trinajstić information content (AvgIpc) is 3.50. The van der Waals surface area contributed by atoms with E-state index in [4.69, 9.17) is 4.84 Å². The molecule has 4 heterocycles. The number of nitrogens with zero attached hydrogens (tertiary/aromatic N) is 6. The number of carbonyl (C=O) groups excluding carboxylic acids is 2. The maximum absolute atomic E-state index is 14.3. The third kappa shape index (κ3) is 7.28. The molecule has 5 rings (SSSR count). The first-order valence-electron chi connectivity index (χ1n) is 13.8. The SMILES string of the molecule is CC(=O)ON1CCN(c2cnc(C(=O)Nc3nc(-c4cc(F)cc(C(F)(F)F)c4)c(CN4[C@H](C)CC[C@H]4C)s3)cn2)CC1. The number of hydrogen-bond acceptors (Lipinski definition) is 10. The van der Waals surface area contributed by atoms with E-state index < -0.39 is 23.5 Å². The van der Waals surface area contributed by atoms with Gasteiger partial charge in [-0.05, 0) is 44.9 Å². The number of rotatable bonds is 7. The summed E-state index contributed by atoms with van der Waals surface area (Å²) in [4.78, 5) is 47.1. The molecule has 230 valence electrons. The summed E-state index contributed by atoms with van der Waals surface area (Å²) in [7, 11) is 0. The lowest BCUT2D eigenvalue weighted by Gasteiger charge is -2.33. The zero-order chi connectivity index (χ0) is 30.9. The third-order valence-corrected chi connectivity index (χ3v) is 8.52. The predicted molar refractivity (Wildman–Crippen MR) is 152 cm³/mol. The highest BCUT2D eigenvalue weighted by molar-refractivity contribution is 7.16. The summed E-state index contributed by atoms with van der Waals surface area (Å²) in [6.45, 7) is 7.96. The van der Waals surface area contributed by atoms with Gasteiger partial charge in [0.15, 0.2) is 5.13 Å². The number of anilines is 2. The van der Waals surface area contributed by atoms with Crippen LogP contribution in [-0.4, -0.2) is 75.1 Å². The molecule has 2 aromatic heterocycles. The highest BCUT2D eigenvalue weighted by atomic mass is 32.1. The smallest absolute Gasteiger partial charge is 0.368 e. The van der Waals surface area contributed by atoms with Crippen LogP contribution in [0.3, 0.4) is 0 Å². The lowest BCUT2D eigenvalue weighted by atomic mass is 10.1. The molecule has 10 nitrogen and oxygen atoms in total. The monoisotopic (exact) mass is 621 g/mol. The number of piperazine rings is 1. The number of nitrogens with one attached hydrogen (secondary N) is 1. The van der Waals surface area contributed by atoms with Gasteiger partial charge in [0.1, 0.15) is 17.3 Å².